The van der Waals surface area contributed by atoms with E-state index in [0.717, 1.165) is 12.2 Å². The van der Waals surface area contributed by atoms with E-state index in [0.29, 0.717) is 25.3 Å². The van der Waals surface area contributed by atoms with E-state index in [1.165, 1.54) is 4.90 Å². The highest BCUT2D eigenvalue weighted by atomic mass is 16.5. The first-order valence-corrected chi connectivity index (χ1v) is 7.49. The Balaban J connectivity index is 1.78. The Bertz CT molecular complexity index is 514. The molecule has 0 saturated carbocycles. The van der Waals surface area contributed by atoms with Crippen molar-refractivity contribution in [3.05, 3.63) is 24.3 Å². The third-order valence-corrected chi connectivity index (χ3v) is 3.58. The molecule has 0 radical (unpaired) electrons. The molecule has 0 aliphatic carbocycles. The first-order valence-electron chi connectivity index (χ1n) is 7.49. The summed E-state index contributed by atoms with van der Waals surface area (Å²) in [6.45, 7) is 3.27. The van der Waals surface area contributed by atoms with E-state index >= 15 is 0 Å². The van der Waals surface area contributed by atoms with E-state index in [9.17, 15) is 9.59 Å². The second-order valence-electron chi connectivity index (χ2n) is 5.09. The van der Waals surface area contributed by atoms with Crippen molar-refractivity contribution in [2.75, 3.05) is 19.8 Å². The molecule has 0 aromatic heterocycles. The standard InChI is InChI=1S/C16H21NO5/c1-2-21-12-5-7-13(8-6-12)22-11-9-15(18)17-10-3-4-14(17)16(19)20/h5-8,14H,2-4,9-11H2,1H3,(H,19,20). The van der Waals surface area contributed by atoms with Crippen molar-refractivity contribution in [3.63, 3.8) is 0 Å². The molecular weight excluding hydrogens is 286 g/mol. The van der Waals surface area contributed by atoms with Gasteiger partial charge in [-0.05, 0) is 44.0 Å². The number of carbonyl (C=O) groups is 2. The fourth-order valence-electron chi connectivity index (χ4n) is 2.52. The van der Waals surface area contributed by atoms with Crippen molar-refractivity contribution in [1.29, 1.82) is 0 Å². The van der Waals surface area contributed by atoms with Crippen molar-refractivity contribution < 1.29 is 24.2 Å². The molecule has 1 aliphatic rings. The summed E-state index contributed by atoms with van der Waals surface area (Å²) >= 11 is 0. The van der Waals surface area contributed by atoms with Gasteiger partial charge in [0.15, 0.2) is 0 Å². The lowest BCUT2D eigenvalue weighted by Gasteiger charge is -2.21. The van der Waals surface area contributed by atoms with Gasteiger partial charge in [0.05, 0.1) is 19.6 Å². The van der Waals surface area contributed by atoms with E-state index in [1.54, 1.807) is 12.1 Å². The molecule has 1 aromatic rings. The number of carboxylic acids is 1. The molecule has 6 heteroatoms. The molecule has 0 bridgehead atoms. The van der Waals surface area contributed by atoms with E-state index in [1.807, 2.05) is 19.1 Å². The highest BCUT2D eigenvalue weighted by Gasteiger charge is 2.33. The molecule has 1 saturated heterocycles. The molecule has 22 heavy (non-hydrogen) atoms. The van der Waals surface area contributed by atoms with Gasteiger partial charge in [-0.3, -0.25) is 4.79 Å². The molecule has 1 N–H and O–H groups in total. The van der Waals surface area contributed by atoms with Crippen LogP contribution in [0.4, 0.5) is 0 Å². The summed E-state index contributed by atoms with van der Waals surface area (Å²) in [7, 11) is 0. The van der Waals surface area contributed by atoms with E-state index in [2.05, 4.69) is 0 Å². The van der Waals surface area contributed by atoms with Crippen LogP contribution in [0.2, 0.25) is 0 Å². The molecule has 1 aromatic carbocycles. The fraction of sp³-hybridized carbons (Fsp3) is 0.500. The predicted molar refractivity (Wildman–Crippen MR) is 80.1 cm³/mol. The van der Waals surface area contributed by atoms with Crippen LogP contribution >= 0.6 is 0 Å². The zero-order valence-corrected chi connectivity index (χ0v) is 12.7. The highest BCUT2D eigenvalue weighted by Crippen LogP contribution is 2.20. The number of benzene rings is 1. The minimum atomic E-state index is -0.932. The number of carbonyl (C=O) groups excluding carboxylic acids is 1. The number of aliphatic carboxylic acids is 1. The third kappa shape index (κ3) is 4.13. The van der Waals surface area contributed by atoms with Crippen molar-refractivity contribution in [2.24, 2.45) is 0 Å². The lowest BCUT2D eigenvalue weighted by molar-refractivity contribution is -0.148. The number of hydrogen-bond donors (Lipinski definition) is 1. The van der Waals surface area contributed by atoms with Crippen LogP contribution in [0.1, 0.15) is 26.2 Å². The average molecular weight is 307 g/mol. The summed E-state index contributed by atoms with van der Waals surface area (Å²) in [5.74, 6) is 0.328. The number of likely N-dealkylation sites (tertiary alicyclic amines) is 1. The number of amides is 1. The maximum atomic E-state index is 12.1. The third-order valence-electron chi connectivity index (χ3n) is 3.58. The maximum absolute atomic E-state index is 12.1. The van der Waals surface area contributed by atoms with Gasteiger partial charge in [0.2, 0.25) is 5.91 Å². The molecule has 1 amide bonds. The Kier molecular flexibility index (Phi) is 5.63. The number of nitrogens with zero attached hydrogens (tertiary/aromatic N) is 1. The molecule has 1 fully saturated rings. The van der Waals surface area contributed by atoms with Gasteiger partial charge in [0, 0.05) is 6.54 Å². The lowest BCUT2D eigenvalue weighted by Crippen LogP contribution is -2.40. The summed E-state index contributed by atoms with van der Waals surface area (Å²) in [5.41, 5.74) is 0. The number of carboxylic acid groups (broad SMARTS) is 1. The lowest BCUT2D eigenvalue weighted by atomic mass is 10.2. The number of hydrogen-bond acceptors (Lipinski definition) is 4. The Morgan fingerprint density at radius 3 is 2.45 bits per heavy atom. The van der Waals surface area contributed by atoms with Gasteiger partial charge < -0.3 is 19.5 Å². The van der Waals surface area contributed by atoms with Crippen LogP contribution < -0.4 is 9.47 Å². The smallest absolute Gasteiger partial charge is 0.326 e. The van der Waals surface area contributed by atoms with Crippen molar-refractivity contribution in [2.45, 2.75) is 32.2 Å². The Morgan fingerprint density at radius 1 is 1.23 bits per heavy atom. The minimum Gasteiger partial charge on any atom is -0.494 e. The maximum Gasteiger partial charge on any atom is 0.326 e. The summed E-state index contributed by atoms with van der Waals surface area (Å²) in [4.78, 5) is 24.5. The molecule has 2 rings (SSSR count). The van der Waals surface area contributed by atoms with Gasteiger partial charge >= 0.3 is 5.97 Å². The van der Waals surface area contributed by atoms with E-state index < -0.39 is 12.0 Å². The normalized spacial score (nSPS) is 17.3. The average Bonchev–Trinajstić information content (AvgIpc) is 2.99. The molecule has 1 unspecified atom stereocenters. The van der Waals surface area contributed by atoms with E-state index in [-0.39, 0.29) is 18.9 Å². The van der Waals surface area contributed by atoms with Gasteiger partial charge in [-0.15, -0.1) is 0 Å². The molecule has 0 spiro atoms. The monoisotopic (exact) mass is 307 g/mol. The highest BCUT2D eigenvalue weighted by molar-refractivity contribution is 5.84. The fourth-order valence-corrected chi connectivity index (χ4v) is 2.52. The van der Waals surface area contributed by atoms with Gasteiger partial charge in [0.1, 0.15) is 17.5 Å². The van der Waals surface area contributed by atoms with Gasteiger partial charge in [-0.1, -0.05) is 0 Å². The van der Waals surface area contributed by atoms with Crippen LogP contribution in [0, 0.1) is 0 Å². The molecule has 120 valence electrons. The van der Waals surface area contributed by atoms with Gasteiger partial charge in [-0.2, -0.15) is 0 Å². The van der Waals surface area contributed by atoms with Crippen LogP contribution in [-0.4, -0.2) is 47.7 Å². The van der Waals surface area contributed by atoms with Crippen molar-refractivity contribution >= 4 is 11.9 Å². The van der Waals surface area contributed by atoms with Crippen LogP contribution in [0.15, 0.2) is 24.3 Å². The van der Waals surface area contributed by atoms with E-state index in [4.69, 9.17) is 14.6 Å². The molecule has 1 heterocycles. The topological polar surface area (TPSA) is 76.1 Å². The summed E-state index contributed by atoms with van der Waals surface area (Å²) in [6.07, 6.45) is 1.44. The second-order valence-corrected chi connectivity index (χ2v) is 5.09. The molecular formula is C16H21NO5. The first kappa shape index (κ1) is 16.1. The molecule has 6 nitrogen and oxygen atoms in total. The number of rotatable bonds is 7. The zero-order chi connectivity index (χ0) is 15.9. The van der Waals surface area contributed by atoms with Crippen LogP contribution in [0.25, 0.3) is 0 Å². The Hall–Kier alpha value is -2.24. The predicted octanol–water partition coefficient (Wildman–Crippen LogP) is 1.93. The van der Waals surface area contributed by atoms with Crippen LogP contribution in [-0.2, 0) is 9.59 Å². The minimum absolute atomic E-state index is 0.171. The zero-order valence-electron chi connectivity index (χ0n) is 12.7. The number of ether oxygens (including phenoxy) is 2. The van der Waals surface area contributed by atoms with Crippen molar-refractivity contribution in [1.82, 2.24) is 4.90 Å². The summed E-state index contributed by atoms with van der Waals surface area (Å²) < 4.78 is 10.8. The molecule has 1 aliphatic heterocycles. The van der Waals surface area contributed by atoms with Crippen LogP contribution in [0.5, 0.6) is 11.5 Å². The summed E-state index contributed by atoms with van der Waals surface area (Å²) in [5, 5.41) is 9.07. The first-order chi connectivity index (χ1) is 10.6. The quantitative estimate of drug-likeness (QED) is 0.833. The van der Waals surface area contributed by atoms with Crippen LogP contribution in [0.3, 0.4) is 0 Å². The second kappa shape index (κ2) is 7.68. The molecule has 1 atom stereocenters. The van der Waals surface area contributed by atoms with Gasteiger partial charge in [0.25, 0.3) is 0 Å². The van der Waals surface area contributed by atoms with Crippen molar-refractivity contribution in [3.8, 4) is 11.5 Å². The largest absolute Gasteiger partial charge is 0.494 e. The Morgan fingerprint density at radius 2 is 1.86 bits per heavy atom. The summed E-state index contributed by atoms with van der Waals surface area (Å²) in [6, 6.07) is 6.50. The van der Waals surface area contributed by atoms with Gasteiger partial charge in [-0.25, -0.2) is 4.79 Å². The Labute approximate surface area is 129 Å². The SMILES string of the molecule is CCOc1ccc(OCCC(=O)N2CCCC2C(=O)O)cc1.